The molecule has 0 saturated carbocycles. The minimum absolute atomic E-state index is 0. The van der Waals surface area contributed by atoms with E-state index in [2.05, 4.69) is 13.5 Å². The van der Waals surface area contributed by atoms with E-state index in [-0.39, 0.29) is 42.0 Å². The molecule has 0 aliphatic carbocycles. The number of hydrogen-bond donors (Lipinski definition) is 0. The van der Waals surface area contributed by atoms with Crippen molar-refractivity contribution in [1.29, 1.82) is 0 Å². The van der Waals surface area contributed by atoms with Crippen molar-refractivity contribution >= 4 is 5.97 Å². The van der Waals surface area contributed by atoms with Crippen molar-refractivity contribution in [2.45, 2.75) is 26.4 Å². The first-order chi connectivity index (χ1) is 4.33. The van der Waals surface area contributed by atoms with Crippen LogP contribution in [0.1, 0.15) is 20.8 Å². The van der Waals surface area contributed by atoms with E-state index in [1.165, 1.54) is 0 Å². The second kappa shape index (κ2) is 6.79. The van der Waals surface area contributed by atoms with Gasteiger partial charge >= 0.3 is 5.97 Å². The van der Waals surface area contributed by atoms with Gasteiger partial charge in [-0.15, -0.1) is 0 Å². The number of ether oxygens (including phenoxy) is 1. The van der Waals surface area contributed by atoms with E-state index >= 15 is 0 Å². The van der Waals surface area contributed by atoms with Crippen LogP contribution in [0.4, 0.5) is 0 Å². The summed E-state index contributed by atoms with van der Waals surface area (Å²) in [5.74, 6) is -0.438. The van der Waals surface area contributed by atoms with Gasteiger partial charge in [-0.1, -0.05) is 6.58 Å². The van der Waals surface area contributed by atoms with Crippen molar-refractivity contribution in [1.82, 2.24) is 0 Å². The molecule has 0 aromatic rings. The third kappa shape index (κ3) is 10.3. The first-order valence-electron chi connectivity index (χ1n) is 3.07. The van der Waals surface area contributed by atoms with Crippen LogP contribution in [-0.4, -0.2) is 11.6 Å². The van der Waals surface area contributed by atoms with Crippen LogP contribution in [-0.2, 0) is 29.0 Å². The number of carbonyl (C=O) groups is 1. The molecule has 0 unspecified atom stereocenters. The molecule has 0 aromatic heterocycles. The maximum atomic E-state index is 10.8. The van der Waals surface area contributed by atoms with Crippen LogP contribution in [0.5, 0.6) is 0 Å². The summed E-state index contributed by atoms with van der Waals surface area (Å²) in [7, 11) is 0. The van der Waals surface area contributed by atoms with E-state index in [1.807, 2.05) is 0 Å². The molecule has 1 radical (unpaired) electrons. The molecule has 0 rings (SSSR count). The van der Waals surface area contributed by atoms with Gasteiger partial charge in [0, 0.05) is 25.1 Å². The fraction of sp³-hybridized carbons (Fsp3) is 0.500. The number of esters is 1. The second-order valence-corrected chi connectivity index (χ2v) is 3.11. The Hall–Kier alpha value is 0.313. The topological polar surface area (TPSA) is 26.3 Å². The van der Waals surface area contributed by atoms with E-state index in [9.17, 15) is 4.79 Å². The monoisotopic (exact) mass is 284 g/mol. The molecule has 0 heterocycles. The molecule has 0 bridgehead atoms. The molecule has 0 spiro atoms. The normalized spacial score (nSPS) is 9.00. The molecule has 0 aromatic carbocycles. The third-order valence-electron chi connectivity index (χ3n) is 0.688. The maximum Gasteiger partial charge on any atom is 0.333 e. The largest absolute Gasteiger partial charge is 1.00 e. The van der Waals surface area contributed by atoms with Gasteiger partial charge in [-0.2, -0.15) is 0 Å². The SMILES string of the molecule is [Br-].[CH2]C(=C)C(=O)OC(C)(C)C.[Zn]. The summed E-state index contributed by atoms with van der Waals surface area (Å²) in [6, 6.07) is 0. The minimum atomic E-state index is -0.447. The van der Waals surface area contributed by atoms with Crippen molar-refractivity contribution in [2.75, 3.05) is 0 Å². The van der Waals surface area contributed by atoms with E-state index in [0.29, 0.717) is 0 Å². The van der Waals surface area contributed by atoms with Gasteiger partial charge in [-0.05, 0) is 27.7 Å². The predicted molar refractivity (Wildman–Crippen MR) is 40.3 cm³/mol. The summed E-state index contributed by atoms with van der Waals surface area (Å²) in [6.45, 7) is 12.1. The Bertz CT molecular complexity index is 161. The number of carbonyl (C=O) groups excluding carboxylic acids is 1. The van der Waals surface area contributed by atoms with Crippen molar-refractivity contribution < 1.29 is 46.0 Å². The van der Waals surface area contributed by atoms with E-state index < -0.39 is 11.6 Å². The van der Waals surface area contributed by atoms with Gasteiger partial charge < -0.3 is 21.7 Å². The number of hydrogen-bond acceptors (Lipinski definition) is 2. The summed E-state index contributed by atoms with van der Waals surface area (Å²) in [5, 5.41) is 0. The van der Waals surface area contributed by atoms with Crippen LogP contribution in [0, 0.1) is 6.92 Å². The van der Waals surface area contributed by atoms with Crippen LogP contribution in [0.2, 0.25) is 0 Å². The Morgan fingerprint density at radius 1 is 1.33 bits per heavy atom. The van der Waals surface area contributed by atoms with Gasteiger partial charge in [-0.3, -0.25) is 0 Å². The molecule has 0 aliphatic heterocycles. The molecule has 0 N–H and O–H groups in total. The van der Waals surface area contributed by atoms with Crippen LogP contribution in [0.25, 0.3) is 0 Å². The molecule has 0 fully saturated rings. The average molecular weight is 286 g/mol. The maximum absolute atomic E-state index is 10.8. The van der Waals surface area contributed by atoms with Crippen LogP contribution >= 0.6 is 0 Å². The smallest absolute Gasteiger partial charge is 0.333 e. The van der Waals surface area contributed by atoms with Crippen LogP contribution in [0.15, 0.2) is 12.2 Å². The Labute approximate surface area is 97.3 Å². The van der Waals surface area contributed by atoms with Gasteiger partial charge in [0.15, 0.2) is 0 Å². The number of halogens is 1. The number of rotatable bonds is 1. The van der Waals surface area contributed by atoms with Crippen LogP contribution in [0.3, 0.4) is 0 Å². The van der Waals surface area contributed by atoms with Crippen molar-refractivity contribution in [3.05, 3.63) is 19.1 Å². The van der Waals surface area contributed by atoms with Gasteiger partial charge in [-0.25, -0.2) is 4.79 Å². The van der Waals surface area contributed by atoms with Gasteiger partial charge in [0.05, 0.1) is 0 Å². The van der Waals surface area contributed by atoms with Gasteiger partial charge in [0.1, 0.15) is 5.60 Å². The van der Waals surface area contributed by atoms with Gasteiger partial charge in [0.2, 0.25) is 0 Å². The molecule has 0 amide bonds. The molecule has 0 aliphatic rings. The van der Waals surface area contributed by atoms with E-state index in [4.69, 9.17) is 4.74 Å². The fourth-order valence-corrected chi connectivity index (χ4v) is 0.350. The van der Waals surface area contributed by atoms with Crippen molar-refractivity contribution in [2.24, 2.45) is 0 Å². The quantitative estimate of drug-likeness (QED) is 0.341. The summed E-state index contributed by atoms with van der Waals surface area (Å²) in [4.78, 5) is 10.8. The standard InChI is InChI=1S/C8H13O2.BrH.Zn/c1-6(2)7(9)10-8(3,4)5;;/h1-2H2,3-5H3;1H;/p-1. The zero-order chi connectivity index (χ0) is 8.36. The Morgan fingerprint density at radius 2 is 1.67 bits per heavy atom. The minimum Gasteiger partial charge on any atom is -1.00 e. The zero-order valence-electron chi connectivity index (χ0n) is 7.82. The molecule has 4 heteroatoms. The van der Waals surface area contributed by atoms with E-state index in [0.717, 1.165) is 0 Å². The molecule has 0 atom stereocenters. The fourth-order valence-electron chi connectivity index (χ4n) is 0.350. The molecular weight excluding hydrogens is 273 g/mol. The van der Waals surface area contributed by atoms with E-state index in [1.54, 1.807) is 20.8 Å². The van der Waals surface area contributed by atoms with Crippen molar-refractivity contribution in [3.8, 4) is 0 Å². The molecule has 12 heavy (non-hydrogen) atoms. The van der Waals surface area contributed by atoms with Crippen LogP contribution < -0.4 is 17.0 Å². The second-order valence-electron chi connectivity index (χ2n) is 3.11. The molecule has 67 valence electrons. The third-order valence-corrected chi connectivity index (χ3v) is 0.688. The first-order valence-corrected chi connectivity index (χ1v) is 3.07. The summed E-state index contributed by atoms with van der Waals surface area (Å²) in [6.07, 6.45) is 0. The Kier molecular flexibility index (Phi) is 10.3. The summed E-state index contributed by atoms with van der Waals surface area (Å²) in [5.41, 5.74) is -0.257. The first kappa shape index (κ1) is 18.2. The van der Waals surface area contributed by atoms with Crippen molar-refractivity contribution in [3.63, 3.8) is 0 Å². The summed E-state index contributed by atoms with van der Waals surface area (Å²) >= 11 is 0. The van der Waals surface area contributed by atoms with Gasteiger partial charge in [0.25, 0.3) is 0 Å². The Morgan fingerprint density at radius 3 is 1.75 bits per heavy atom. The predicted octanol–water partition coefficient (Wildman–Crippen LogP) is -1.28. The molecular formula is C8H13BrO2Zn-. The Balaban J connectivity index is -0.000000405. The zero-order valence-corrected chi connectivity index (χ0v) is 12.4. The molecule has 2 nitrogen and oxygen atoms in total. The summed E-state index contributed by atoms with van der Waals surface area (Å²) < 4.78 is 4.90. The average Bonchev–Trinajstić information content (AvgIpc) is 1.60. The molecule has 0 saturated heterocycles.